The lowest BCUT2D eigenvalue weighted by atomic mass is 10.3. The van der Waals surface area contributed by atoms with Crippen LogP contribution in [0.3, 0.4) is 0 Å². The molecule has 0 saturated carbocycles. The SMILES string of the molecule is COc1ccccc1S(=O)(=O)C(C)Br. The van der Waals surface area contributed by atoms with E-state index in [9.17, 15) is 8.42 Å². The highest BCUT2D eigenvalue weighted by molar-refractivity contribution is 9.11. The monoisotopic (exact) mass is 278 g/mol. The van der Waals surface area contributed by atoms with Crippen molar-refractivity contribution in [3.05, 3.63) is 24.3 Å². The third kappa shape index (κ3) is 2.09. The topological polar surface area (TPSA) is 43.4 Å². The molecule has 1 aromatic rings. The van der Waals surface area contributed by atoms with Gasteiger partial charge in [0.25, 0.3) is 0 Å². The lowest BCUT2D eigenvalue weighted by Crippen LogP contribution is -2.12. The number of ether oxygens (including phenoxy) is 1. The first-order valence-electron chi connectivity index (χ1n) is 4.01. The molecule has 0 aliphatic heterocycles. The van der Waals surface area contributed by atoms with Gasteiger partial charge in [-0.05, 0) is 19.1 Å². The van der Waals surface area contributed by atoms with E-state index in [0.717, 1.165) is 0 Å². The molecule has 0 aliphatic carbocycles. The summed E-state index contributed by atoms with van der Waals surface area (Å²) in [5.41, 5.74) is 0. The van der Waals surface area contributed by atoms with Crippen LogP contribution in [0.1, 0.15) is 6.92 Å². The van der Waals surface area contributed by atoms with Crippen LogP contribution in [0, 0.1) is 0 Å². The number of methoxy groups -OCH3 is 1. The molecule has 0 heterocycles. The van der Waals surface area contributed by atoms with E-state index in [1.165, 1.54) is 13.2 Å². The van der Waals surface area contributed by atoms with E-state index < -0.39 is 14.0 Å². The summed E-state index contributed by atoms with van der Waals surface area (Å²) in [6.45, 7) is 1.57. The fourth-order valence-electron chi connectivity index (χ4n) is 1.03. The Labute approximate surface area is 92.1 Å². The van der Waals surface area contributed by atoms with Gasteiger partial charge in [0.05, 0.1) is 7.11 Å². The first kappa shape index (κ1) is 11.5. The number of hydrogen-bond donors (Lipinski definition) is 0. The molecule has 1 aromatic carbocycles. The Kier molecular flexibility index (Phi) is 3.55. The number of sulfone groups is 1. The first-order chi connectivity index (χ1) is 6.50. The number of benzene rings is 1. The van der Waals surface area contributed by atoms with Crippen molar-refractivity contribution in [2.75, 3.05) is 7.11 Å². The Hall–Kier alpha value is -0.550. The van der Waals surface area contributed by atoms with Crippen LogP contribution in [0.15, 0.2) is 29.2 Å². The van der Waals surface area contributed by atoms with Crippen LogP contribution in [0.5, 0.6) is 5.75 Å². The molecule has 0 amide bonds. The maximum absolute atomic E-state index is 11.8. The van der Waals surface area contributed by atoms with Gasteiger partial charge in [-0.15, -0.1) is 0 Å². The van der Waals surface area contributed by atoms with E-state index in [-0.39, 0.29) is 4.90 Å². The van der Waals surface area contributed by atoms with E-state index in [4.69, 9.17) is 4.74 Å². The van der Waals surface area contributed by atoms with Gasteiger partial charge in [0.2, 0.25) is 0 Å². The Bertz CT molecular complexity index is 412. The smallest absolute Gasteiger partial charge is 0.194 e. The van der Waals surface area contributed by atoms with Crippen molar-refractivity contribution in [3.8, 4) is 5.75 Å². The minimum atomic E-state index is -3.33. The largest absolute Gasteiger partial charge is 0.495 e. The molecule has 0 bridgehead atoms. The van der Waals surface area contributed by atoms with Crippen LogP contribution in [-0.2, 0) is 9.84 Å². The van der Waals surface area contributed by atoms with Crippen LogP contribution < -0.4 is 4.74 Å². The van der Waals surface area contributed by atoms with Crippen LogP contribution in [0.25, 0.3) is 0 Å². The van der Waals surface area contributed by atoms with E-state index in [1.807, 2.05) is 0 Å². The molecule has 0 saturated heterocycles. The first-order valence-corrected chi connectivity index (χ1v) is 6.47. The van der Waals surface area contributed by atoms with Crippen molar-refractivity contribution in [3.63, 3.8) is 0 Å². The third-order valence-corrected chi connectivity index (χ3v) is 5.09. The van der Waals surface area contributed by atoms with Crippen LogP contribution in [0.2, 0.25) is 0 Å². The summed E-state index contributed by atoms with van der Waals surface area (Å²) in [6, 6.07) is 6.57. The quantitative estimate of drug-likeness (QED) is 0.797. The minimum Gasteiger partial charge on any atom is -0.495 e. The molecule has 78 valence electrons. The van der Waals surface area contributed by atoms with Gasteiger partial charge in [-0.3, -0.25) is 0 Å². The number of para-hydroxylation sites is 1. The van der Waals surface area contributed by atoms with Gasteiger partial charge in [0.1, 0.15) is 14.8 Å². The summed E-state index contributed by atoms with van der Waals surface area (Å²) in [6.07, 6.45) is 0. The van der Waals surface area contributed by atoms with Gasteiger partial charge in [0.15, 0.2) is 9.84 Å². The Morgan fingerprint density at radius 1 is 1.36 bits per heavy atom. The summed E-state index contributed by atoms with van der Waals surface area (Å²) in [7, 11) is -1.88. The summed E-state index contributed by atoms with van der Waals surface area (Å²) in [4.78, 5) is 0.215. The molecule has 0 spiro atoms. The van der Waals surface area contributed by atoms with Gasteiger partial charge in [-0.1, -0.05) is 28.1 Å². The van der Waals surface area contributed by atoms with Crippen molar-refractivity contribution in [2.45, 2.75) is 16.0 Å². The highest BCUT2D eigenvalue weighted by atomic mass is 79.9. The summed E-state index contributed by atoms with van der Waals surface area (Å²) in [5, 5.41) is 0. The minimum absolute atomic E-state index is 0.215. The normalized spacial score (nSPS) is 13.6. The van der Waals surface area contributed by atoms with Gasteiger partial charge in [-0.2, -0.15) is 0 Å². The molecule has 5 heteroatoms. The average Bonchev–Trinajstić information content (AvgIpc) is 2.17. The average molecular weight is 279 g/mol. The zero-order chi connectivity index (χ0) is 10.8. The predicted octanol–water partition coefficient (Wildman–Crippen LogP) is 2.21. The number of rotatable bonds is 3. The number of halogens is 1. The van der Waals surface area contributed by atoms with E-state index >= 15 is 0 Å². The Morgan fingerprint density at radius 3 is 2.43 bits per heavy atom. The molecule has 0 aliphatic rings. The molecule has 1 atom stereocenters. The molecule has 0 radical (unpaired) electrons. The van der Waals surface area contributed by atoms with Crippen LogP contribution in [-0.4, -0.2) is 19.7 Å². The van der Waals surface area contributed by atoms with Crippen molar-refractivity contribution in [1.29, 1.82) is 0 Å². The van der Waals surface area contributed by atoms with E-state index in [1.54, 1.807) is 25.1 Å². The Morgan fingerprint density at radius 2 is 1.93 bits per heavy atom. The summed E-state index contributed by atoms with van der Waals surface area (Å²) in [5.74, 6) is 0.374. The molecule has 1 rings (SSSR count). The lowest BCUT2D eigenvalue weighted by molar-refractivity contribution is 0.402. The van der Waals surface area contributed by atoms with Crippen LogP contribution in [0.4, 0.5) is 0 Å². The number of hydrogen-bond acceptors (Lipinski definition) is 3. The second kappa shape index (κ2) is 4.31. The maximum Gasteiger partial charge on any atom is 0.194 e. The summed E-state index contributed by atoms with van der Waals surface area (Å²) >= 11 is 3.05. The molecule has 14 heavy (non-hydrogen) atoms. The van der Waals surface area contributed by atoms with Gasteiger partial charge in [0, 0.05) is 0 Å². The van der Waals surface area contributed by atoms with E-state index in [0.29, 0.717) is 5.75 Å². The molecule has 0 N–H and O–H groups in total. The van der Waals surface area contributed by atoms with Crippen molar-refractivity contribution in [1.82, 2.24) is 0 Å². The molecule has 3 nitrogen and oxygen atoms in total. The molecule has 1 unspecified atom stereocenters. The zero-order valence-corrected chi connectivity index (χ0v) is 10.3. The Balaban J connectivity index is 3.32. The molecular formula is C9H11BrO3S. The van der Waals surface area contributed by atoms with Crippen molar-refractivity contribution < 1.29 is 13.2 Å². The maximum atomic E-state index is 11.8. The predicted molar refractivity (Wildman–Crippen MR) is 58.6 cm³/mol. The molecule has 0 aromatic heterocycles. The summed E-state index contributed by atoms with van der Waals surface area (Å²) < 4.78 is 27.9. The fourth-order valence-corrected chi connectivity index (χ4v) is 2.68. The highest BCUT2D eigenvalue weighted by Gasteiger charge is 2.23. The van der Waals surface area contributed by atoms with Gasteiger partial charge < -0.3 is 4.74 Å². The van der Waals surface area contributed by atoms with Crippen molar-refractivity contribution in [2.24, 2.45) is 0 Å². The van der Waals surface area contributed by atoms with Crippen LogP contribution >= 0.6 is 15.9 Å². The second-order valence-electron chi connectivity index (χ2n) is 2.74. The molecule has 0 fully saturated rings. The van der Waals surface area contributed by atoms with Gasteiger partial charge >= 0.3 is 0 Å². The highest BCUT2D eigenvalue weighted by Crippen LogP contribution is 2.28. The lowest BCUT2D eigenvalue weighted by Gasteiger charge is -2.10. The molecular weight excluding hydrogens is 268 g/mol. The van der Waals surface area contributed by atoms with E-state index in [2.05, 4.69) is 15.9 Å². The standard InChI is InChI=1S/C9H11BrO3S/c1-7(10)14(11,12)9-6-4-3-5-8(9)13-2/h3-7H,1-2H3. The van der Waals surface area contributed by atoms with Crippen molar-refractivity contribution >= 4 is 25.8 Å². The fraction of sp³-hybridized carbons (Fsp3) is 0.333. The van der Waals surface area contributed by atoms with Gasteiger partial charge in [-0.25, -0.2) is 8.42 Å². The second-order valence-corrected chi connectivity index (χ2v) is 6.96. The zero-order valence-electron chi connectivity index (χ0n) is 7.90. The third-order valence-electron chi connectivity index (χ3n) is 1.80. The number of alkyl halides is 1.